The molecule has 1 fully saturated rings. The molecule has 0 unspecified atom stereocenters. The lowest BCUT2D eigenvalue weighted by atomic mass is 10.0. The van der Waals surface area contributed by atoms with E-state index in [0.717, 1.165) is 18.5 Å². The third kappa shape index (κ3) is 2.46. The highest BCUT2D eigenvalue weighted by molar-refractivity contribution is 5.81. The number of anilines is 1. The van der Waals surface area contributed by atoms with Gasteiger partial charge in [0, 0.05) is 5.92 Å². The van der Waals surface area contributed by atoms with Crippen molar-refractivity contribution in [1.29, 1.82) is 0 Å². The Bertz CT molecular complexity index is 379. The molecule has 86 valence electrons. The second-order valence-electron chi connectivity index (χ2n) is 3.92. The Labute approximate surface area is 92.4 Å². The molecule has 1 aromatic rings. The Kier molecular flexibility index (Phi) is 3.00. The number of rotatable bonds is 2. The van der Waals surface area contributed by atoms with E-state index in [1.165, 1.54) is 6.20 Å². The van der Waals surface area contributed by atoms with Gasteiger partial charge in [-0.1, -0.05) is 0 Å². The number of aliphatic hydroxyl groups excluding tert-OH is 1. The molecule has 0 saturated heterocycles. The van der Waals surface area contributed by atoms with Gasteiger partial charge in [-0.2, -0.15) is 0 Å². The minimum Gasteiger partial charge on any atom is -0.465 e. The van der Waals surface area contributed by atoms with Gasteiger partial charge in [-0.3, -0.25) is 10.3 Å². The van der Waals surface area contributed by atoms with E-state index in [-0.39, 0.29) is 17.8 Å². The van der Waals surface area contributed by atoms with Crippen molar-refractivity contribution >= 4 is 11.9 Å². The van der Waals surface area contributed by atoms with Crippen molar-refractivity contribution in [2.45, 2.75) is 31.3 Å². The SMILES string of the molecule is O=C(O)Nc1cnc([C@@H]2CC[C@H](O)C2)cn1. The van der Waals surface area contributed by atoms with Crippen LogP contribution in [0.2, 0.25) is 0 Å². The van der Waals surface area contributed by atoms with Gasteiger partial charge < -0.3 is 10.2 Å². The monoisotopic (exact) mass is 223 g/mol. The van der Waals surface area contributed by atoms with Crippen LogP contribution < -0.4 is 5.32 Å². The van der Waals surface area contributed by atoms with Gasteiger partial charge in [-0.15, -0.1) is 0 Å². The molecule has 2 rings (SSSR count). The lowest BCUT2D eigenvalue weighted by Crippen LogP contribution is -2.10. The molecule has 6 heteroatoms. The highest BCUT2D eigenvalue weighted by Crippen LogP contribution is 2.32. The third-order valence-corrected chi connectivity index (χ3v) is 2.73. The number of nitrogens with one attached hydrogen (secondary N) is 1. The Morgan fingerprint density at radius 3 is 2.69 bits per heavy atom. The number of aliphatic hydroxyl groups is 1. The van der Waals surface area contributed by atoms with Gasteiger partial charge in [0.1, 0.15) is 0 Å². The van der Waals surface area contributed by atoms with Gasteiger partial charge in [-0.25, -0.2) is 9.78 Å². The van der Waals surface area contributed by atoms with E-state index < -0.39 is 6.09 Å². The van der Waals surface area contributed by atoms with Crippen LogP contribution in [0.3, 0.4) is 0 Å². The summed E-state index contributed by atoms with van der Waals surface area (Å²) in [5.74, 6) is 0.455. The number of carboxylic acid groups (broad SMARTS) is 1. The molecule has 0 aromatic carbocycles. The first-order valence-corrected chi connectivity index (χ1v) is 5.15. The second-order valence-corrected chi connectivity index (χ2v) is 3.92. The molecule has 0 radical (unpaired) electrons. The predicted octanol–water partition coefficient (Wildman–Crippen LogP) is 1.19. The fourth-order valence-corrected chi connectivity index (χ4v) is 1.95. The summed E-state index contributed by atoms with van der Waals surface area (Å²) >= 11 is 0. The summed E-state index contributed by atoms with van der Waals surface area (Å²) in [5.41, 5.74) is 0.812. The molecule has 1 amide bonds. The zero-order chi connectivity index (χ0) is 11.5. The Hall–Kier alpha value is -1.69. The molecule has 1 saturated carbocycles. The zero-order valence-corrected chi connectivity index (χ0v) is 8.63. The first-order chi connectivity index (χ1) is 7.65. The molecule has 1 aliphatic rings. The summed E-state index contributed by atoms with van der Waals surface area (Å²) in [6.07, 6.45) is 3.97. The van der Waals surface area contributed by atoms with Crippen LogP contribution in [0.1, 0.15) is 30.9 Å². The number of carbonyl (C=O) groups is 1. The van der Waals surface area contributed by atoms with Gasteiger partial charge >= 0.3 is 6.09 Å². The summed E-state index contributed by atoms with van der Waals surface area (Å²) < 4.78 is 0. The van der Waals surface area contributed by atoms with Crippen molar-refractivity contribution in [3.05, 3.63) is 18.1 Å². The minimum atomic E-state index is -1.15. The van der Waals surface area contributed by atoms with E-state index >= 15 is 0 Å². The highest BCUT2D eigenvalue weighted by atomic mass is 16.4. The van der Waals surface area contributed by atoms with Gasteiger partial charge in [0.05, 0.1) is 24.2 Å². The summed E-state index contributed by atoms with van der Waals surface area (Å²) in [4.78, 5) is 18.4. The Balaban J connectivity index is 2.04. The molecule has 2 atom stereocenters. The van der Waals surface area contributed by atoms with E-state index in [1.54, 1.807) is 6.20 Å². The molecule has 1 aliphatic carbocycles. The normalized spacial score (nSPS) is 24.3. The van der Waals surface area contributed by atoms with Crippen LogP contribution >= 0.6 is 0 Å². The molecule has 1 heterocycles. The van der Waals surface area contributed by atoms with Gasteiger partial charge in [0.25, 0.3) is 0 Å². The van der Waals surface area contributed by atoms with Crippen molar-refractivity contribution in [1.82, 2.24) is 9.97 Å². The fourth-order valence-electron chi connectivity index (χ4n) is 1.95. The lowest BCUT2D eigenvalue weighted by Gasteiger charge is -2.08. The van der Waals surface area contributed by atoms with Crippen molar-refractivity contribution in [2.24, 2.45) is 0 Å². The molecule has 0 bridgehead atoms. The summed E-state index contributed by atoms with van der Waals surface area (Å²) in [6.45, 7) is 0. The summed E-state index contributed by atoms with van der Waals surface area (Å²) in [5, 5.41) is 20.0. The van der Waals surface area contributed by atoms with Crippen LogP contribution in [0.15, 0.2) is 12.4 Å². The second kappa shape index (κ2) is 4.44. The maximum Gasteiger partial charge on any atom is 0.410 e. The molecule has 0 aliphatic heterocycles. The molecule has 3 N–H and O–H groups in total. The van der Waals surface area contributed by atoms with Gasteiger partial charge in [0.15, 0.2) is 5.82 Å². The number of hydrogen-bond acceptors (Lipinski definition) is 4. The van der Waals surface area contributed by atoms with Gasteiger partial charge in [0.2, 0.25) is 0 Å². The van der Waals surface area contributed by atoms with E-state index in [1.807, 2.05) is 0 Å². The first-order valence-electron chi connectivity index (χ1n) is 5.15. The fraction of sp³-hybridized carbons (Fsp3) is 0.500. The molecule has 6 nitrogen and oxygen atoms in total. The number of hydrogen-bond donors (Lipinski definition) is 3. The topological polar surface area (TPSA) is 95.3 Å². The smallest absolute Gasteiger partial charge is 0.410 e. The molecule has 1 aromatic heterocycles. The van der Waals surface area contributed by atoms with E-state index in [9.17, 15) is 9.90 Å². The summed E-state index contributed by atoms with van der Waals surface area (Å²) in [6, 6.07) is 0. The average molecular weight is 223 g/mol. The number of nitrogens with zero attached hydrogens (tertiary/aromatic N) is 2. The largest absolute Gasteiger partial charge is 0.465 e. The maximum atomic E-state index is 10.3. The maximum absolute atomic E-state index is 10.3. The minimum absolute atomic E-state index is 0.217. The number of aromatic nitrogens is 2. The van der Waals surface area contributed by atoms with Crippen LogP contribution in [0, 0.1) is 0 Å². The van der Waals surface area contributed by atoms with E-state index in [4.69, 9.17) is 5.11 Å². The molecular weight excluding hydrogens is 210 g/mol. The van der Waals surface area contributed by atoms with E-state index in [2.05, 4.69) is 15.3 Å². The van der Waals surface area contributed by atoms with E-state index in [0.29, 0.717) is 6.42 Å². The van der Waals surface area contributed by atoms with Crippen LogP contribution in [0.5, 0.6) is 0 Å². The zero-order valence-electron chi connectivity index (χ0n) is 8.63. The van der Waals surface area contributed by atoms with Crippen molar-refractivity contribution in [3.63, 3.8) is 0 Å². The molecular formula is C10H13N3O3. The van der Waals surface area contributed by atoms with Crippen LogP contribution in [0.25, 0.3) is 0 Å². The van der Waals surface area contributed by atoms with Crippen molar-refractivity contribution in [2.75, 3.05) is 5.32 Å². The Morgan fingerprint density at radius 2 is 2.19 bits per heavy atom. The highest BCUT2D eigenvalue weighted by Gasteiger charge is 2.25. The van der Waals surface area contributed by atoms with Crippen molar-refractivity contribution in [3.8, 4) is 0 Å². The lowest BCUT2D eigenvalue weighted by molar-refractivity contribution is 0.181. The Morgan fingerprint density at radius 1 is 1.38 bits per heavy atom. The molecule has 0 spiro atoms. The van der Waals surface area contributed by atoms with Crippen LogP contribution in [0.4, 0.5) is 10.6 Å². The quantitative estimate of drug-likeness (QED) is 0.700. The third-order valence-electron chi connectivity index (χ3n) is 2.73. The average Bonchev–Trinajstić information content (AvgIpc) is 2.65. The predicted molar refractivity (Wildman–Crippen MR) is 56.3 cm³/mol. The molecule has 16 heavy (non-hydrogen) atoms. The standard InChI is InChI=1S/C10H13N3O3/c14-7-2-1-6(3-7)8-4-12-9(5-11-8)13-10(15)16/h4-7,14H,1-3H2,(H,12,13)(H,15,16)/t6-,7+/m1/s1. The van der Waals surface area contributed by atoms with Crippen LogP contribution in [-0.2, 0) is 0 Å². The van der Waals surface area contributed by atoms with Gasteiger partial charge in [-0.05, 0) is 19.3 Å². The van der Waals surface area contributed by atoms with Crippen molar-refractivity contribution < 1.29 is 15.0 Å². The summed E-state index contributed by atoms with van der Waals surface area (Å²) in [7, 11) is 0. The first kappa shape index (κ1) is 10.8. The number of amides is 1. The van der Waals surface area contributed by atoms with Crippen LogP contribution in [-0.4, -0.2) is 32.4 Å².